The average Bonchev–Trinajstić information content (AvgIpc) is 2.86. The topological polar surface area (TPSA) is 46.4 Å². The van der Waals surface area contributed by atoms with Gasteiger partial charge in [0.05, 0.1) is 23.0 Å². The fourth-order valence-corrected chi connectivity index (χ4v) is 2.90. The minimum absolute atomic E-state index is 0.188. The van der Waals surface area contributed by atoms with Crippen LogP contribution >= 0.6 is 34.2 Å². The molecule has 6 heteroatoms. The standard InChI is InChI=1S/C14H9ClIN3O/c15-9-4-5-12(11(16)7-9)18-14(20)10-8-17-19-6-2-1-3-13(10)19/h1-8H,(H,18,20). The summed E-state index contributed by atoms with van der Waals surface area (Å²) in [6.07, 6.45) is 3.37. The summed E-state index contributed by atoms with van der Waals surface area (Å²) in [5, 5.41) is 7.67. The van der Waals surface area contributed by atoms with Gasteiger partial charge in [-0.05, 0) is 52.9 Å². The lowest BCUT2D eigenvalue weighted by Gasteiger charge is -2.06. The van der Waals surface area contributed by atoms with E-state index in [1.807, 2.05) is 18.2 Å². The molecule has 0 unspecified atom stereocenters. The van der Waals surface area contributed by atoms with Crippen molar-refractivity contribution in [3.63, 3.8) is 0 Å². The monoisotopic (exact) mass is 397 g/mol. The summed E-state index contributed by atoms with van der Waals surface area (Å²) in [5.41, 5.74) is 2.04. The Balaban J connectivity index is 1.93. The highest BCUT2D eigenvalue weighted by molar-refractivity contribution is 14.1. The maximum absolute atomic E-state index is 12.3. The van der Waals surface area contributed by atoms with Crippen LogP contribution in [0, 0.1) is 3.57 Å². The van der Waals surface area contributed by atoms with Crippen LogP contribution in [0.3, 0.4) is 0 Å². The third kappa shape index (κ3) is 2.51. The highest BCUT2D eigenvalue weighted by Gasteiger charge is 2.13. The molecule has 0 bridgehead atoms. The number of nitrogens with one attached hydrogen (secondary N) is 1. The quantitative estimate of drug-likeness (QED) is 0.668. The van der Waals surface area contributed by atoms with Crippen LogP contribution in [-0.4, -0.2) is 15.5 Å². The number of aromatic nitrogens is 2. The molecule has 3 rings (SSSR count). The minimum Gasteiger partial charge on any atom is -0.321 e. The van der Waals surface area contributed by atoms with Gasteiger partial charge < -0.3 is 5.32 Å². The molecule has 0 saturated heterocycles. The first-order chi connectivity index (χ1) is 9.65. The van der Waals surface area contributed by atoms with Crippen molar-refractivity contribution in [2.24, 2.45) is 0 Å². The number of amides is 1. The van der Waals surface area contributed by atoms with Gasteiger partial charge in [0.2, 0.25) is 0 Å². The molecule has 0 fully saturated rings. The highest BCUT2D eigenvalue weighted by Crippen LogP contribution is 2.23. The fourth-order valence-electron chi connectivity index (χ4n) is 1.89. The Labute approximate surface area is 133 Å². The molecular formula is C14H9ClIN3O. The number of anilines is 1. The molecule has 20 heavy (non-hydrogen) atoms. The van der Waals surface area contributed by atoms with E-state index >= 15 is 0 Å². The van der Waals surface area contributed by atoms with Crippen molar-refractivity contribution in [2.75, 3.05) is 5.32 Å². The van der Waals surface area contributed by atoms with E-state index in [4.69, 9.17) is 11.6 Å². The zero-order valence-electron chi connectivity index (χ0n) is 10.2. The van der Waals surface area contributed by atoms with Crippen molar-refractivity contribution < 1.29 is 4.79 Å². The SMILES string of the molecule is O=C(Nc1ccc(Cl)cc1I)c1cnn2ccccc12. The number of fused-ring (bicyclic) bond motifs is 1. The molecule has 4 nitrogen and oxygen atoms in total. The molecule has 1 amide bonds. The van der Waals surface area contributed by atoms with E-state index < -0.39 is 0 Å². The normalized spacial score (nSPS) is 10.7. The first-order valence-electron chi connectivity index (χ1n) is 5.84. The van der Waals surface area contributed by atoms with E-state index in [2.05, 4.69) is 33.0 Å². The zero-order valence-corrected chi connectivity index (χ0v) is 13.1. The van der Waals surface area contributed by atoms with E-state index in [-0.39, 0.29) is 5.91 Å². The van der Waals surface area contributed by atoms with Crippen molar-refractivity contribution in [3.8, 4) is 0 Å². The van der Waals surface area contributed by atoms with Crippen LogP contribution in [0.2, 0.25) is 5.02 Å². The number of benzene rings is 1. The number of pyridine rings is 1. The third-order valence-corrected chi connectivity index (χ3v) is 3.98. The van der Waals surface area contributed by atoms with E-state index in [1.54, 1.807) is 35.1 Å². The Morgan fingerprint density at radius 2 is 2.15 bits per heavy atom. The molecule has 0 aliphatic carbocycles. The number of nitrogens with zero attached hydrogens (tertiary/aromatic N) is 2. The average molecular weight is 398 g/mol. The van der Waals surface area contributed by atoms with Crippen molar-refractivity contribution in [1.82, 2.24) is 9.61 Å². The lowest BCUT2D eigenvalue weighted by molar-refractivity contribution is 0.102. The van der Waals surface area contributed by atoms with Gasteiger partial charge in [0.25, 0.3) is 5.91 Å². The summed E-state index contributed by atoms with van der Waals surface area (Å²) in [6, 6.07) is 10.9. The molecule has 100 valence electrons. The summed E-state index contributed by atoms with van der Waals surface area (Å²) in [7, 11) is 0. The van der Waals surface area contributed by atoms with E-state index in [1.165, 1.54) is 0 Å². The summed E-state index contributed by atoms with van der Waals surface area (Å²) in [5.74, 6) is -0.188. The predicted octanol–water partition coefficient (Wildman–Crippen LogP) is 3.84. The van der Waals surface area contributed by atoms with Gasteiger partial charge in [0, 0.05) is 14.8 Å². The highest BCUT2D eigenvalue weighted by atomic mass is 127. The lowest BCUT2D eigenvalue weighted by Crippen LogP contribution is -2.12. The largest absolute Gasteiger partial charge is 0.321 e. The Hall–Kier alpha value is -1.60. The van der Waals surface area contributed by atoms with Crippen LogP contribution in [0.15, 0.2) is 48.8 Å². The lowest BCUT2D eigenvalue weighted by atomic mass is 10.2. The molecule has 0 atom stereocenters. The van der Waals surface area contributed by atoms with Crippen LogP contribution in [0.5, 0.6) is 0 Å². The van der Waals surface area contributed by atoms with Gasteiger partial charge in [0.15, 0.2) is 0 Å². The second kappa shape index (κ2) is 5.41. The number of hydrogen-bond donors (Lipinski definition) is 1. The third-order valence-electron chi connectivity index (χ3n) is 2.85. The van der Waals surface area contributed by atoms with Crippen molar-refractivity contribution in [2.45, 2.75) is 0 Å². The predicted molar refractivity (Wildman–Crippen MR) is 87.3 cm³/mol. The second-order valence-corrected chi connectivity index (χ2v) is 5.77. The minimum atomic E-state index is -0.188. The van der Waals surface area contributed by atoms with Gasteiger partial charge in [-0.25, -0.2) is 4.52 Å². The van der Waals surface area contributed by atoms with Crippen molar-refractivity contribution in [1.29, 1.82) is 0 Å². The number of hydrogen-bond acceptors (Lipinski definition) is 2. The van der Waals surface area contributed by atoms with Crippen LogP contribution in [0.25, 0.3) is 5.52 Å². The van der Waals surface area contributed by atoms with Crippen LogP contribution < -0.4 is 5.32 Å². The number of carbonyl (C=O) groups is 1. The number of halogens is 2. The van der Waals surface area contributed by atoms with Crippen molar-refractivity contribution >= 4 is 51.3 Å². The smallest absolute Gasteiger partial charge is 0.259 e. The first-order valence-corrected chi connectivity index (χ1v) is 7.29. The number of rotatable bonds is 2. The molecule has 0 aliphatic heterocycles. The van der Waals surface area contributed by atoms with E-state index in [9.17, 15) is 4.79 Å². The van der Waals surface area contributed by atoms with Crippen molar-refractivity contribution in [3.05, 3.63) is 62.9 Å². The first kappa shape index (κ1) is 13.4. The Bertz CT molecular complexity index is 800. The van der Waals surface area contributed by atoms with Crippen LogP contribution in [0.4, 0.5) is 5.69 Å². The Kier molecular flexibility index (Phi) is 3.62. The molecular weight excluding hydrogens is 389 g/mol. The molecule has 3 aromatic rings. The van der Waals surface area contributed by atoms with Gasteiger partial charge in [-0.2, -0.15) is 5.10 Å². The molecule has 2 aromatic heterocycles. The number of carbonyl (C=O) groups excluding carboxylic acids is 1. The second-order valence-electron chi connectivity index (χ2n) is 4.17. The fraction of sp³-hybridized carbons (Fsp3) is 0. The van der Waals surface area contributed by atoms with Crippen LogP contribution in [-0.2, 0) is 0 Å². The Morgan fingerprint density at radius 1 is 1.30 bits per heavy atom. The zero-order chi connectivity index (χ0) is 14.1. The Morgan fingerprint density at radius 3 is 2.95 bits per heavy atom. The van der Waals surface area contributed by atoms with Gasteiger partial charge in [-0.1, -0.05) is 17.7 Å². The molecule has 0 spiro atoms. The molecule has 0 radical (unpaired) electrons. The van der Waals surface area contributed by atoms with Gasteiger partial charge in [-0.3, -0.25) is 4.79 Å². The van der Waals surface area contributed by atoms with E-state index in [0.717, 1.165) is 14.8 Å². The molecule has 1 aromatic carbocycles. The van der Waals surface area contributed by atoms with Gasteiger partial charge >= 0.3 is 0 Å². The summed E-state index contributed by atoms with van der Waals surface area (Å²) >= 11 is 8.04. The molecule has 0 aliphatic rings. The summed E-state index contributed by atoms with van der Waals surface area (Å²) < 4.78 is 2.56. The van der Waals surface area contributed by atoms with Crippen LogP contribution in [0.1, 0.15) is 10.4 Å². The molecule has 2 heterocycles. The maximum atomic E-state index is 12.3. The van der Waals surface area contributed by atoms with Gasteiger partial charge in [-0.15, -0.1) is 0 Å². The molecule has 1 N–H and O–H groups in total. The summed E-state index contributed by atoms with van der Waals surface area (Å²) in [6.45, 7) is 0. The molecule has 0 saturated carbocycles. The van der Waals surface area contributed by atoms with E-state index in [0.29, 0.717) is 10.6 Å². The maximum Gasteiger partial charge on any atom is 0.259 e. The van der Waals surface area contributed by atoms with Gasteiger partial charge in [0.1, 0.15) is 0 Å². The summed E-state index contributed by atoms with van der Waals surface area (Å²) in [4.78, 5) is 12.3.